The first-order chi connectivity index (χ1) is 11.0. The number of likely N-dealkylation sites (N-methyl/N-ethyl adjacent to an activating group) is 1. The predicted molar refractivity (Wildman–Crippen MR) is 86.2 cm³/mol. The minimum Gasteiger partial charge on any atom is -0.386 e. The summed E-state index contributed by atoms with van der Waals surface area (Å²) in [6.45, 7) is 1.84. The molecule has 0 unspecified atom stereocenters. The normalized spacial score (nSPS) is 13.7. The molecule has 0 fully saturated rings. The summed E-state index contributed by atoms with van der Waals surface area (Å²) in [5, 5.41) is 30.5. The molecule has 0 aliphatic heterocycles. The number of aliphatic hydroxyl groups is 1. The van der Waals surface area contributed by atoms with Gasteiger partial charge in [0.1, 0.15) is 6.10 Å². The molecular weight excluding hydrogens is 296 g/mol. The molecule has 0 saturated heterocycles. The van der Waals surface area contributed by atoms with Gasteiger partial charge in [-0.25, -0.2) is 0 Å². The Bertz CT molecular complexity index is 673. The molecule has 0 spiro atoms. The minimum atomic E-state index is -0.697. The maximum Gasteiger partial charge on any atom is 0.269 e. The molecule has 2 rings (SSSR count). The highest BCUT2D eigenvalue weighted by atomic mass is 16.6. The lowest BCUT2D eigenvalue weighted by Gasteiger charge is -2.25. The quantitative estimate of drug-likeness (QED) is 0.500. The zero-order valence-corrected chi connectivity index (χ0v) is 12.9. The van der Waals surface area contributed by atoms with E-state index in [4.69, 9.17) is 0 Å². The number of aliphatic hydroxyl groups excluding tert-OH is 1. The summed E-state index contributed by atoms with van der Waals surface area (Å²) >= 11 is 0. The van der Waals surface area contributed by atoms with Crippen LogP contribution in [0.2, 0.25) is 0 Å². The topological polar surface area (TPSA) is 91.3 Å². The van der Waals surface area contributed by atoms with Crippen LogP contribution in [0.15, 0.2) is 64.9 Å². The second-order valence-electron chi connectivity index (χ2n) is 5.13. The summed E-state index contributed by atoms with van der Waals surface area (Å²) in [5.41, 5.74) is 1.31. The van der Waals surface area contributed by atoms with E-state index in [-0.39, 0.29) is 11.7 Å². The summed E-state index contributed by atoms with van der Waals surface area (Å²) in [4.78, 5) is 10.1. The maximum absolute atomic E-state index is 10.6. The van der Waals surface area contributed by atoms with Crippen molar-refractivity contribution >= 4 is 11.4 Å². The second-order valence-corrected chi connectivity index (χ2v) is 5.13. The van der Waals surface area contributed by atoms with Crippen LogP contribution in [0.3, 0.4) is 0 Å². The van der Waals surface area contributed by atoms with Gasteiger partial charge in [-0.05, 0) is 24.6 Å². The van der Waals surface area contributed by atoms with Crippen molar-refractivity contribution in [3.8, 4) is 0 Å². The van der Waals surface area contributed by atoms with Gasteiger partial charge < -0.3 is 5.11 Å². The van der Waals surface area contributed by atoms with E-state index in [2.05, 4.69) is 10.3 Å². The minimum absolute atomic E-state index is 0.00479. The highest BCUT2D eigenvalue weighted by molar-refractivity contribution is 5.43. The summed E-state index contributed by atoms with van der Waals surface area (Å²) in [7, 11) is 1.71. The first kappa shape index (κ1) is 16.6. The average molecular weight is 314 g/mol. The predicted octanol–water partition coefficient (Wildman–Crippen LogP) is 3.65. The Balaban J connectivity index is 2.02. The Kier molecular flexibility index (Phi) is 5.37. The van der Waals surface area contributed by atoms with Crippen LogP contribution in [-0.2, 0) is 0 Å². The summed E-state index contributed by atoms with van der Waals surface area (Å²) in [5.74, 6) is 0. The molecule has 2 atom stereocenters. The van der Waals surface area contributed by atoms with Crippen molar-refractivity contribution in [2.75, 3.05) is 7.05 Å². The molecule has 0 radical (unpaired) electrons. The molecule has 0 aliphatic rings. The van der Waals surface area contributed by atoms with E-state index in [1.54, 1.807) is 12.1 Å². The highest BCUT2D eigenvalue weighted by Crippen LogP contribution is 2.22. The fourth-order valence-electron chi connectivity index (χ4n) is 1.98. The van der Waals surface area contributed by atoms with Crippen molar-refractivity contribution in [3.05, 3.63) is 70.3 Å². The second kappa shape index (κ2) is 7.46. The molecule has 0 heterocycles. The smallest absolute Gasteiger partial charge is 0.269 e. The molecule has 2 aromatic carbocycles. The van der Waals surface area contributed by atoms with Gasteiger partial charge in [0.05, 0.1) is 16.7 Å². The molecule has 0 aliphatic carbocycles. The highest BCUT2D eigenvalue weighted by Gasteiger charge is 2.19. The van der Waals surface area contributed by atoms with Crippen LogP contribution in [0.4, 0.5) is 11.4 Å². The van der Waals surface area contributed by atoms with Gasteiger partial charge >= 0.3 is 0 Å². The number of nitrogens with zero attached hydrogens (tertiary/aromatic N) is 4. The number of hydrogen-bond acceptors (Lipinski definition) is 5. The summed E-state index contributed by atoms with van der Waals surface area (Å²) in [6.07, 6.45) is -0.697. The first-order valence-corrected chi connectivity index (χ1v) is 7.11. The number of benzene rings is 2. The van der Waals surface area contributed by atoms with Crippen molar-refractivity contribution < 1.29 is 10.0 Å². The first-order valence-electron chi connectivity index (χ1n) is 7.11. The van der Waals surface area contributed by atoms with E-state index in [1.807, 2.05) is 37.3 Å². The average Bonchev–Trinajstić information content (AvgIpc) is 2.59. The fourth-order valence-corrected chi connectivity index (χ4v) is 1.98. The van der Waals surface area contributed by atoms with Crippen LogP contribution in [-0.4, -0.2) is 28.1 Å². The Morgan fingerprint density at radius 1 is 1.13 bits per heavy atom. The van der Waals surface area contributed by atoms with Gasteiger partial charge in [-0.3, -0.25) is 15.1 Å². The molecule has 23 heavy (non-hydrogen) atoms. The van der Waals surface area contributed by atoms with E-state index in [9.17, 15) is 15.2 Å². The van der Waals surface area contributed by atoms with Crippen LogP contribution in [0, 0.1) is 10.1 Å². The SMILES string of the molecule is C[C@H]([C@H](O)c1ccccc1)N(C)N=Nc1ccc([N+](=O)[O-])cc1. The van der Waals surface area contributed by atoms with Crippen LogP contribution < -0.4 is 0 Å². The van der Waals surface area contributed by atoms with Gasteiger partial charge in [0.15, 0.2) is 0 Å². The lowest BCUT2D eigenvalue weighted by Crippen LogP contribution is -2.30. The van der Waals surface area contributed by atoms with Crippen LogP contribution in [0.1, 0.15) is 18.6 Å². The van der Waals surface area contributed by atoms with Crippen molar-refractivity contribution in [1.82, 2.24) is 5.01 Å². The summed E-state index contributed by atoms with van der Waals surface area (Å²) < 4.78 is 0. The van der Waals surface area contributed by atoms with Gasteiger partial charge in [-0.1, -0.05) is 35.6 Å². The molecule has 0 amide bonds. The van der Waals surface area contributed by atoms with E-state index in [0.717, 1.165) is 5.56 Å². The van der Waals surface area contributed by atoms with Gasteiger partial charge in [-0.2, -0.15) is 0 Å². The van der Waals surface area contributed by atoms with Gasteiger partial charge in [0, 0.05) is 19.2 Å². The molecule has 0 bridgehead atoms. The van der Waals surface area contributed by atoms with Crippen molar-refractivity contribution in [3.63, 3.8) is 0 Å². The lowest BCUT2D eigenvalue weighted by molar-refractivity contribution is -0.384. The third-order valence-electron chi connectivity index (χ3n) is 3.55. The zero-order chi connectivity index (χ0) is 16.8. The van der Waals surface area contributed by atoms with Crippen molar-refractivity contribution in [2.45, 2.75) is 19.1 Å². The van der Waals surface area contributed by atoms with Crippen LogP contribution in [0.25, 0.3) is 0 Å². The summed E-state index contributed by atoms with van der Waals surface area (Å²) in [6, 6.07) is 14.8. The Morgan fingerprint density at radius 3 is 2.30 bits per heavy atom. The Labute approximate surface area is 134 Å². The lowest BCUT2D eigenvalue weighted by atomic mass is 10.0. The van der Waals surface area contributed by atoms with E-state index in [0.29, 0.717) is 5.69 Å². The largest absolute Gasteiger partial charge is 0.386 e. The molecule has 7 nitrogen and oxygen atoms in total. The van der Waals surface area contributed by atoms with E-state index < -0.39 is 11.0 Å². The molecule has 120 valence electrons. The van der Waals surface area contributed by atoms with Gasteiger partial charge in [0.25, 0.3) is 5.69 Å². The fraction of sp³-hybridized carbons (Fsp3) is 0.250. The maximum atomic E-state index is 10.6. The number of hydrogen-bond donors (Lipinski definition) is 1. The zero-order valence-electron chi connectivity index (χ0n) is 12.9. The molecular formula is C16H18N4O3. The Morgan fingerprint density at radius 2 is 1.74 bits per heavy atom. The Hall–Kier alpha value is -2.80. The molecule has 1 N–H and O–H groups in total. The van der Waals surface area contributed by atoms with Gasteiger partial charge in [-0.15, -0.1) is 5.11 Å². The van der Waals surface area contributed by atoms with Crippen LogP contribution in [0.5, 0.6) is 0 Å². The molecule has 2 aromatic rings. The number of non-ortho nitro benzene ring substituents is 1. The number of nitro groups is 1. The third kappa shape index (κ3) is 4.33. The van der Waals surface area contributed by atoms with Crippen molar-refractivity contribution in [2.24, 2.45) is 10.3 Å². The third-order valence-corrected chi connectivity index (χ3v) is 3.55. The monoisotopic (exact) mass is 314 g/mol. The molecule has 7 heteroatoms. The number of rotatable bonds is 6. The standard InChI is InChI=1S/C16H18N4O3/c1-12(16(21)13-6-4-3-5-7-13)19(2)18-17-14-8-10-15(11-9-14)20(22)23/h3-12,16,21H,1-2H3/t12-,16+/m1/s1. The van der Waals surface area contributed by atoms with E-state index >= 15 is 0 Å². The number of nitro benzene ring substituents is 1. The van der Waals surface area contributed by atoms with Crippen LogP contribution >= 0.6 is 0 Å². The molecule has 0 aromatic heterocycles. The van der Waals surface area contributed by atoms with Crippen molar-refractivity contribution in [1.29, 1.82) is 0 Å². The molecule has 0 saturated carbocycles. The van der Waals surface area contributed by atoms with E-state index in [1.165, 1.54) is 24.3 Å². The van der Waals surface area contributed by atoms with Gasteiger partial charge in [0.2, 0.25) is 0 Å².